The number of nitro groups is 1. The third-order valence-electron chi connectivity index (χ3n) is 1.97. The van der Waals surface area contributed by atoms with Crippen LogP contribution < -0.4 is 5.32 Å². The molecular formula is C9H10BrN3O5. The van der Waals surface area contributed by atoms with Crippen molar-refractivity contribution in [1.29, 1.82) is 0 Å². The summed E-state index contributed by atoms with van der Waals surface area (Å²) in [5, 5.41) is 22.2. The van der Waals surface area contributed by atoms with Crippen molar-refractivity contribution in [3.05, 3.63) is 26.9 Å². The third-order valence-corrected chi connectivity index (χ3v) is 2.41. The number of aromatic nitrogens is 1. The van der Waals surface area contributed by atoms with Crippen LogP contribution in [0.5, 0.6) is 0 Å². The number of anilines is 1. The van der Waals surface area contributed by atoms with Crippen molar-refractivity contribution in [3.63, 3.8) is 0 Å². The van der Waals surface area contributed by atoms with Gasteiger partial charge in [0.25, 0.3) is 0 Å². The van der Waals surface area contributed by atoms with Crippen molar-refractivity contribution in [1.82, 2.24) is 4.98 Å². The Labute approximate surface area is 110 Å². The molecule has 0 aromatic carbocycles. The predicted molar refractivity (Wildman–Crippen MR) is 65.5 cm³/mol. The van der Waals surface area contributed by atoms with E-state index in [1.807, 2.05) is 0 Å². The van der Waals surface area contributed by atoms with Gasteiger partial charge in [-0.15, -0.1) is 0 Å². The summed E-state index contributed by atoms with van der Waals surface area (Å²) in [7, 11) is 1.33. The van der Waals surface area contributed by atoms with Crippen LogP contribution in [0.1, 0.15) is 0 Å². The van der Waals surface area contributed by atoms with Crippen LogP contribution in [0.2, 0.25) is 0 Å². The van der Waals surface area contributed by atoms with Crippen molar-refractivity contribution >= 4 is 33.4 Å². The summed E-state index contributed by atoms with van der Waals surface area (Å²) >= 11 is 3.05. The first-order valence-electron chi connectivity index (χ1n) is 4.74. The zero-order valence-corrected chi connectivity index (χ0v) is 10.9. The van der Waals surface area contributed by atoms with Crippen molar-refractivity contribution in [2.45, 2.75) is 6.04 Å². The smallest absolute Gasteiger partial charge is 0.328 e. The normalized spacial score (nSPS) is 11.9. The second-order valence-corrected chi connectivity index (χ2v) is 4.18. The zero-order valence-electron chi connectivity index (χ0n) is 9.29. The number of rotatable bonds is 6. The van der Waals surface area contributed by atoms with Gasteiger partial charge in [0.1, 0.15) is 6.04 Å². The second kappa shape index (κ2) is 6.26. The molecular weight excluding hydrogens is 310 g/mol. The Bertz CT molecular complexity index is 468. The topological polar surface area (TPSA) is 115 Å². The quantitative estimate of drug-likeness (QED) is 0.599. The standard InChI is InChI=1S/C9H10BrN3O5/c1-18-4-6(9(14)15)12-8-7(13(16)17)2-5(10)3-11-8/h2-3,6H,4H2,1H3,(H,11,12)(H,14,15). The molecule has 0 aliphatic heterocycles. The number of nitrogens with one attached hydrogen (secondary N) is 1. The van der Waals surface area contributed by atoms with Crippen LogP contribution in [0, 0.1) is 10.1 Å². The van der Waals surface area contributed by atoms with E-state index in [0.29, 0.717) is 4.47 Å². The minimum Gasteiger partial charge on any atom is -0.480 e. The molecule has 0 aliphatic rings. The Hall–Kier alpha value is -1.74. The predicted octanol–water partition coefficient (Wildman–Crippen LogP) is 1.26. The number of carbonyl (C=O) groups is 1. The monoisotopic (exact) mass is 319 g/mol. The number of aliphatic carboxylic acids is 1. The molecule has 9 heteroatoms. The van der Waals surface area contributed by atoms with Gasteiger partial charge in [0.15, 0.2) is 0 Å². The Morgan fingerprint density at radius 1 is 1.78 bits per heavy atom. The fourth-order valence-electron chi connectivity index (χ4n) is 1.19. The molecule has 0 bridgehead atoms. The first-order valence-corrected chi connectivity index (χ1v) is 5.53. The fourth-order valence-corrected chi connectivity index (χ4v) is 1.50. The highest BCUT2D eigenvalue weighted by atomic mass is 79.9. The molecule has 1 aromatic rings. The number of nitrogens with zero attached hydrogens (tertiary/aromatic N) is 2. The molecule has 0 spiro atoms. The summed E-state index contributed by atoms with van der Waals surface area (Å²) in [6.45, 7) is -0.135. The lowest BCUT2D eigenvalue weighted by Gasteiger charge is -2.13. The molecule has 0 aliphatic carbocycles. The molecule has 1 rings (SSSR count). The molecule has 0 saturated heterocycles. The minimum absolute atomic E-state index is 0.118. The van der Waals surface area contributed by atoms with Gasteiger partial charge in [0.05, 0.1) is 11.5 Å². The number of hydrogen-bond donors (Lipinski definition) is 2. The van der Waals surface area contributed by atoms with E-state index in [-0.39, 0.29) is 18.1 Å². The van der Waals surface area contributed by atoms with Gasteiger partial charge >= 0.3 is 11.7 Å². The first-order chi connectivity index (χ1) is 8.45. The second-order valence-electron chi connectivity index (χ2n) is 3.27. The molecule has 18 heavy (non-hydrogen) atoms. The Morgan fingerprint density at radius 2 is 2.44 bits per heavy atom. The molecule has 0 radical (unpaired) electrons. The average molecular weight is 320 g/mol. The van der Waals surface area contributed by atoms with Crippen LogP contribution in [0.4, 0.5) is 11.5 Å². The van der Waals surface area contributed by atoms with Crippen LogP contribution in [-0.2, 0) is 9.53 Å². The number of carboxylic acid groups (broad SMARTS) is 1. The maximum absolute atomic E-state index is 10.9. The van der Waals surface area contributed by atoms with Crippen LogP contribution >= 0.6 is 15.9 Å². The van der Waals surface area contributed by atoms with Gasteiger partial charge in [-0.1, -0.05) is 0 Å². The number of halogens is 1. The summed E-state index contributed by atoms with van der Waals surface area (Å²) in [6, 6.07) is 0.128. The average Bonchev–Trinajstić information content (AvgIpc) is 2.30. The zero-order chi connectivity index (χ0) is 13.7. The Morgan fingerprint density at radius 3 is 2.94 bits per heavy atom. The number of carboxylic acids is 1. The lowest BCUT2D eigenvalue weighted by Crippen LogP contribution is -2.34. The molecule has 1 heterocycles. The number of pyridine rings is 1. The van der Waals surface area contributed by atoms with E-state index in [9.17, 15) is 14.9 Å². The highest BCUT2D eigenvalue weighted by Crippen LogP contribution is 2.25. The first kappa shape index (κ1) is 14.3. The summed E-state index contributed by atoms with van der Waals surface area (Å²) in [6.07, 6.45) is 1.33. The van der Waals surface area contributed by atoms with Crippen LogP contribution in [-0.4, -0.2) is 40.7 Å². The van der Waals surface area contributed by atoms with Gasteiger partial charge in [0, 0.05) is 23.8 Å². The molecule has 1 aromatic heterocycles. The van der Waals surface area contributed by atoms with E-state index in [1.54, 1.807) is 0 Å². The molecule has 98 valence electrons. The summed E-state index contributed by atoms with van der Waals surface area (Å²) in [5.74, 6) is -1.30. The van der Waals surface area contributed by atoms with Crippen molar-refractivity contribution in [3.8, 4) is 0 Å². The van der Waals surface area contributed by atoms with Gasteiger partial charge in [0.2, 0.25) is 5.82 Å². The summed E-state index contributed by atoms with van der Waals surface area (Å²) in [5.41, 5.74) is -0.313. The van der Waals surface area contributed by atoms with Crippen molar-refractivity contribution in [2.75, 3.05) is 19.0 Å². The number of methoxy groups -OCH3 is 1. The van der Waals surface area contributed by atoms with Gasteiger partial charge in [-0.3, -0.25) is 10.1 Å². The third kappa shape index (κ3) is 3.64. The van der Waals surface area contributed by atoms with Gasteiger partial charge in [-0.2, -0.15) is 0 Å². The minimum atomic E-state index is -1.18. The van der Waals surface area contributed by atoms with E-state index in [4.69, 9.17) is 9.84 Å². The van der Waals surface area contributed by atoms with E-state index in [0.717, 1.165) is 0 Å². The van der Waals surface area contributed by atoms with Crippen molar-refractivity contribution < 1.29 is 19.6 Å². The largest absolute Gasteiger partial charge is 0.480 e. The molecule has 8 nitrogen and oxygen atoms in total. The lowest BCUT2D eigenvalue weighted by atomic mass is 10.3. The molecule has 1 unspecified atom stereocenters. The Balaban J connectivity index is 3.01. The molecule has 0 amide bonds. The highest BCUT2D eigenvalue weighted by Gasteiger charge is 2.23. The maximum atomic E-state index is 10.9. The number of ether oxygens (including phenoxy) is 1. The Kier molecular flexibility index (Phi) is 4.98. The van der Waals surface area contributed by atoms with Gasteiger partial charge in [-0.25, -0.2) is 9.78 Å². The molecule has 0 saturated carbocycles. The van der Waals surface area contributed by atoms with Gasteiger partial charge in [-0.05, 0) is 15.9 Å². The SMILES string of the molecule is COCC(Nc1ncc(Br)cc1[N+](=O)[O-])C(=O)O. The molecule has 1 atom stereocenters. The fraction of sp³-hybridized carbons (Fsp3) is 0.333. The molecule has 2 N–H and O–H groups in total. The van der Waals surface area contributed by atoms with E-state index < -0.39 is 16.9 Å². The van der Waals surface area contributed by atoms with Crippen LogP contribution in [0.25, 0.3) is 0 Å². The summed E-state index contributed by atoms with van der Waals surface area (Å²) in [4.78, 5) is 24.8. The molecule has 0 fully saturated rings. The lowest BCUT2D eigenvalue weighted by molar-refractivity contribution is -0.384. The number of hydrogen-bond acceptors (Lipinski definition) is 6. The van der Waals surface area contributed by atoms with Crippen LogP contribution in [0.3, 0.4) is 0 Å². The van der Waals surface area contributed by atoms with Crippen LogP contribution in [0.15, 0.2) is 16.7 Å². The van der Waals surface area contributed by atoms with E-state index in [2.05, 4.69) is 26.2 Å². The maximum Gasteiger partial charge on any atom is 0.328 e. The van der Waals surface area contributed by atoms with Crippen molar-refractivity contribution in [2.24, 2.45) is 0 Å². The van der Waals surface area contributed by atoms with E-state index >= 15 is 0 Å². The van der Waals surface area contributed by atoms with Gasteiger partial charge < -0.3 is 15.2 Å². The van der Waals surface area contributed by atoms with E-state index in [1.165, 1.54) is 19.4 Å². The summed E-state index contributed by atoms with van der Waals surface area (Å²) < 4.78 is 5.14. The highest BCUT2D eigenvalue weighted by molar-refractivity contribution is 9.10.